The molecule has 0 N–H and O–H groups in total. The number of allylic oxidation sites excluding steroid dienone is 8. The fourth-order valence-corrected chi connectivity index (χ4v) is 6.05. The Hall–Kier alpha value is -2.77. The lowest BCUT2D eigenvalue weighted by atomic mass is 9.89. The highest BCUT2D eigenvalue weighted by atomic mass is 31.1. The molecule has 2 aliphatic carbocycles. The first-order valence-corrected chi connectivity index (χ1v) is 12.5. The van der Waals surface area contributed by atoms with Crippen molar-refractivity contribution in [3.8, 4) is 5.75 Å². The molecular formula is C29H30FO2P. The van der Waals surface area contributed by atoms with Crippen molar-refractivity contribution in [3.05, 3.63) is 101 Å². The maximum absolute atomic E-state index is 13.8. The highest BCUT2D eigenvalue weighted by Gasteiger charge is 2.19. The predicted molar refractivity (Wildman–Crippen MR) is 137 cm³/mol. The molecule has 2 aliphatic rings. The largest absolute Gasteiger partial charge is 0.496 e. The Bertz CT molecular complexity index is 1140. The summed E-state index contributed by atoms with van der Waals surface area (Å²) in [6, 6.07) is 9.03. The van der Waals surface area contributed by atoms with E-state index in [1.54, 1.807) is 13.2 Å². The molecule has 0 saturated heterocycles. The van der Waals surface area contributed by atoms with Crippen molar-refractivity contribution >= 4 is 25.0 Å². The lowest BCUT2D eigenvalue weighted by molar-refractivity contribution is 0.101. The van der Waals surface area contributed by atoms with Crippen molar-refractivity contribution in [2.75, 3.05) is 7.11 Å². The number of ether oxygens (including phenoxy) is 1. The van der Waals surface area contributed by atoms with Gasteiger partial charge < -0.3 is 4.74 Å². The highest BCUT2D eigenvalue weighted by molar-refractivity contribution is 7.56. The summed E-state index contributed by atoms with van der Waals surface area (Å²) in [4.78, 5) is 12.2. The number of hydrogen-bond donors (Lipinski definition) is 0. The molecule has 33 heavy (non-hydrogen) atoms. The van der Waals surface area contributed by atoms with Crippen LogP contribution in [0.2, 0.25) is 0 Å². The molecule has 170 valence electrons. The average molecular weight is 461 g/mol. The minimum Gasteiger partial charge on any atom is -0.496 e. The lowest BCUT2D eigenvalue weighted by Crippen LogP contribution is -2.17. The monoisotopic (exact) mass is 460 g/mol. The molecule has 2 aromatic rings. The molecule has 2 aromatic carbocycles. The third kappa shape index (κ3) is 5.97. The average Bonchev–Trinajstić information content (AvgIpc) is 2.81. The van der Waals surface area contributed by atoms with Crippen LogP contribution < -0.4 is 15.3 Å². The summed E-state index contributed by atoms with van der Waals surface area (Å²) in [6.45, 7) is 1.49. The van der Waals surface area contributed by atoms with E-state index in [1.165, 1.54) is 30.2 Å². The summed E-state index contributed by atoms with van der Waals surface area (Å²) in [5, 5.41) is 1.93. The molecule has 3 unspecified atom stereocenters. The van der Waals surface area contributed by atoms with Gasteiger partial charge in [-0.25, -0.2) is 4.39 Å². The van der Waals surface area contributed by atoms with Crippen molar-refractivity contribution < 1.29 is 13.9 Å². The van der Waals surface area contributed by atoms with Crippen molar-refractivity contribution in [2.45, 2.75) is 32.6 Å². The van der Waals surface area contributed by atoms with Gasteiger partial charge in [-0.05, 0) is 79.1 Å². The number of ketones is 1. The first-order valence-electron chi connectivity index (χ1n) is 11.5. The van der Waals surface area contributed by atoms with Gasteiger partial charge in [-0.2, -0.15) is 0 Å². The van der Waals surface area contributed by atoms with Gasteiger partial charge in [-0.1, -0.05) is 69.3 Å². The fourth-order valence-electron chi connectivity index (χ4n) is 4.57. The molecule has 0 bridgehead atoms. The SMILES string of the molecule is COc1c(CC2C=CC=CC2)cc(CC2C=CC=CC2)cc1Pc1ccc(F)cc1C(C)=O. The predicted octanol–water partition coefficient (Wildman–Crippen LogP) is 6.02. The highest BCUT2D eigenvalue weighted by Crippen LogP contribution is 2.31. The van der Waals surface area contributed by atoms with Crippen LogP contribution in [0.3, 0.4) is 0 Å². The van der Waals surface area contributed by atoms with E-state index in [4.69, 9.17) is 4.74 Å². The minimum absolute atomic E-state index is 0.120. The Labute approximate surface area is 197 Å². The van der Waals surface area contributed by atoms with E-state index in [-0.39, 0.29) is 20.2 Å². The van der Waals surface area contributed by atoms with Gasteiger partial charge in [0.25, 0.3) is 0 Å². The quantitative estimate of drug-likeness (QED) is 0.356. The second-order valence-corrected chi connectivity index (χ2v) is 10.1. The zero-order valence-electron chi connectivity index (χ0n) is 19.2. The van der Waals surface area contributed by atoms with E-state index >= 15 is 0 Å². The number of benzene rings is 2. The molecule has 0 aromatic heterocycles. The van der Waals surface area contributed by atoms with Crippen LogP contribution in [0.5, 0.6) is 5.75 Å². The Morgan fingerprint density at radius 1 is 0.970 bits per heavy atom. The van der Waals surface area contributed by atoms with Crippen LogP contribution in [0.4, 0.5) is 4.39 Å². The van der Waals surface area contributed by atoms with E-state index in [9.17, 15) is 9.18 Å². The second kappa shape index (κ2) is 10.9. The molecule has 3 atom stereocenters. The third-order valence-electron chi connectivity index (χ3n) is 6.18. The molecule has 0 radical (unpaired) electrons. The van der Waals surface area contributed by atoms with Gasteiger partial charge in [-0.15, -0.1) is 0 Å². The standard InChI is InChI=1S/C29H30FO2P/c1-20(31)26-19-25(30)13-14-27(26)33-28-18-23(15-21-9-5-3-6-10-21)17-24(29(28)32-2)16-22-11-7-4-8-12-22/h3-9,11,13-14,17-19,21-22,33H,10,12,15-16H2,1-2H3. The zero-order valence-corrected chi connectivity index (χ0v) is 20.2. The van der Waals surface area contributed by atoms with Crippen LogP contribution in [-0.4, -0.2) is 12.9 Å². The molecule has 0 amide bonds. The summed E-state index contributed by atoms with van der Waals surface area (Å²) in [7, 11) is 1.93. The molecule has 0 saturated carbocycles. The molecule has 2 nitrogen and oxygen atoms in total. The summed E-state index contributed by atoms with van der Waals surface area (Å²) in [5.41, 5.74) is 2.92. The van der Waals surface area contributed by atoms with Gasteiger partial charge in [0.15, 0.2) is 5.78 Å². The van der Waals surface area contributed by atoms with Crippen LogP contribution in [0, 0.1) is 17.7 Å². The van der Waals surface area contributed by atoms with E-state index in [2.05, 4.69) is 60.7 Å². The molecule has 4 heteroatoms. The van der Waals surface area contributed by atoms with Crippen molar-refractivity contribution in [3.63, 3.8) is 0 Å². The maximum Gasteiger partial charge on any atom is 0.160 e. The summed E-state index contributed by atoms with van der Waals surface area (Å²) >= 11 is 0. The fraction of sp³-hybridized carbons (Fsp3) is 0.276. The molecule has 4 rings (SSSR count). The molecule has 0 fully saturated rings. The van der Waals surface area contributed by atoms with Crippen LogP contribution in [0.25, 0.3) is 0 Å². The van der Waals surface area contributed by atoms with Crippen LogP contribution in [0.15, 0.2) is 78.9 Å². The van der Waals surface area contributed by atoms with Gasteiger partial charge in [0.2, 0.25) is 0 Å². The summed E-state index contributed by atoms with van der Waals surface area (Å²) < 4.78 is 19.8. The molecule has 0 heterocycles. The summed E-state index contributed by atoms with van der Waals surface area (Å²) in [6.07, 6.45) is 21.3. The first kappa shape index (κ1) is 23.4. The number of hydrogen-bond acceptors (Lipinski definition) is 2. The number of rotatable bonds is 8. The first-order chi connectivity index (χ1) is 16.0. The van der Waals surface area contributed by atoms with Crippen molar-refractivity contribution in [2.24, 2.45) is 11.8 Å². The zero-order chi connectivity index (χ0) is 23.2. The van der Waals surface area contributed by atoms with Gasteiger partial charge in [0.05, 0.1) is 7.11 Å². The lowest BCUT2D eigenvalue weighted by Gasteiger charge is -2.21. The number of carbonyl (C=O) groups excluding carboxylic acids is 1. The number of Topliss-reactive ketones (excluding diaryl/α,β-unsaturated/α-hetero) is 1. The number of methoxy groups -OCH3 is 1. The molecule has 0 aliphatic heterocycles. The van der Waals surface area contributed by atoms with Crippen LogP contribution in [0.1, 0.15) is 41.3 Å². The van der Waals surface area contributed by atoms with Gasteiger partial charge in [0, 0.05) is 10.9 Å². The number of carbonyl (C=O) groups is 1. The van der Waals surface area contributed by atoms with Crippen molar-refractivity contribution in [1.29, 1.82) is 0 Å². The Morgan fingerprint density at radius 3 is 2.27 bits per heavy atom. The Kier molecular flexibility index (Phi) is 7.73. The van der Waals surface area contributed by atoms with Gasteiger partial charge in [0.1, 0.15) is 11.6 Å². The van der Waals surface area contributed by atoms with E-state index in [1.807, 2.05) is 0 Å². The van der Waals surface area contributed by atoms with Crippen LogP contribution in [-0.2, 0) is 12.8 Å². The summed E-state index contributed by atoms with van der Waals surface area (Å²) in [5.74, 6) is 1.29. The molecular weight excluding hydrogens is 430 g/mol. The van der Waals surface area contributed by atoms with Crippen LogP contribution >= 0.6 is 8.58 Å². The maximum atomic E-state index is 13.8. The van der Waals surface area contributed by atoms with E-state index < -0.39 is 0 Å². The van der Waals surface area contributed by atoms with Gasteiger partial charge in [-0.3, -0.25) is 4.79 Å². The van der Waals surface area contributed by atoms with Gasteiger partial charge >= 0.3 is 0 Å². The Morgan fingerprint density at radius 2 is 1.67 bits per heavy atom. The normalized spacial score (nSPS) is 19.5. The second-order valence-electron chi connectivity index (χ2n) is 8.73. The number of halogens is 1. The van der Waals surface area contributed by atoms with Crippen molar-refractivity contribution in [1.82, 2.24) is 0 Å². The molecule has 0 spiro atoms. The topological polar surface area (TPSA) is 26.3 Å². The Balaban J connectivity index is 1.72. The smallest absolute Gasteiger partial charge is 0.160 e. The third-order valence-corrected chi connectivity index (χ3v) is 7.52. The minimum atomic E-state index is -0.385. The van der Waals surface area contributed by atoms with E-state index in [0.717, 1.165) is 42.0 Å². The van der Waals surface area contributed by atoms with E-state index in [0.29, 0.717) is 17.4 Å².